The van der Waals surface area contributed by atoms with Crippen molar-refractivity contribution >= 4 is 35.8 Å². The summed E-state index contributed by atoms with van der Waals surface area (Å²) in [5.41, 5.74) is 5.75. The fourth-order valence-corrected chi connectivity index (χ4v) is 3.09. The maximum absolute atomic E-state index is 11.2. The van der Waals surface area contributed by atoms with Crippen LogP contribution in [0.3, 0.4) is 0 Å². The summed E-state index contributed by atoms with van der Waals surface area (Å²) in [6.45, 7) is 12.6. The van der Waals surface area contributed by atoms with Gasteiger partial charge in [0.05, 0.1) is 0 Å². The highest BCUT2D eigenvalue weighted by molar-refractivity contribution is 14.0. The molecule has 1 rings (SSSR count). The number of hydrogen-bond donors (Lipinski definition) is 2. The Balaban J connectivity index is 0.00000529. The van der Waals surface area contributed by atoms with Gasteiger partial charge in [0.15, 0.2) is 5.96 Å². The number of nitrogens with two attached hydrogens (primary N) is 1. The second-order valence-corrected chi connectivity index (χ2v) is 7.88. The molecule has 0 bridgehead atoms. The monoisotopic (exact) mass is 452 g/mol. The fourth-order valence-electron chi connectivity index (χ4n) is 3.09. The zero-order chi connectivity index (χ0) is 17.3. The number of halogens is 1. The Morgan fingerprint density at radius 1 is 1.33 bits per heavy atom. The average Bonchev–Trinajstić information content (AvgIpc) is 2.44. The van der Waals surface area contributed by atoms with E-state index in [-0.39, 0.29) is 29.9 Å². The third kappa shape index (κ3) is 10.4. The molecule has 0 saturated carbocycles. The lowest BCUT2D eigenvalue weighted by atomic mass is 9.90. The Bertz CT molecular complexity index is 393. The third-order valence-electron chi connectivity index (χ3n) is 4.24. The highest BCUT2D eigenvalue weighted by Gasteiger charge is 2.23. The highest BCUT2D eigenvalue weighted by Crippen LogP contribution is 2.22. The van der Waals surface area contributed by atoms with Gasteiger partial charge in [0.25, 0.3) is 0 Å². The molecular formula is C18H37IN4O. The van der Waals surface area contributed by atoms with Gasteiger partial charge in [0, 0.05) is 32.6 Å². The molecule has 6 heteroatoms. The van der Waals surface area contributed by atoms with Crippen molar-refractivity contribution < 1.29 is 4.79 Å². The van der Waals surface area contributed by atoms with E-state index in [2.05, 4.69) is 37.9 Å². The Kier molecular flexibility index (Phi) is 11.7. The molecule has 1 fully saturated rings. The van der Waals surface area contributed by atoms with Crippen LogP contribution < -0.4 is 11.1 Å². The summed E-state index contributed by atoms with van der Waals surface area (Å²) in [5, 5.41) is 3.39. The maximum atomic E-state index is 11.2. The topological polar surface area (TPSA) is 70.7 Å². The molecular weight excluding hydrogens is 415 g/mol. The van der Waals surface area contributed by atoms with Gasteiger partial charge in [0.1, 0.15) is 0 Å². The Morgan fingerprint density at radius 3 is 2.62 bits per heavy atom. The van der Waals surface area contributed by atoms with Crippen LogP contribution in [0.5, 0.6) is 0 Å². The van der Waals surface area contributed by atoms with Crippen LogP contribution in [0.4, 0.5) is 0 Å². The predicted octanol–water partition coefficient (Wildman–Crippen LogP) is 3.37. The lowest BCUT2D eigenvalue weighted by molar-refractivity contribution is -0.119. The first-order valence-electron chi connectivity index (χ1n) is 9.13. The molecule has 142 valence electrons. The Labute approximate surface area is 165 Å². The molecule has 0 radical (unpaired) electrons. The molecule has 0 aromatic heterocycles. The summed E-state index contributed by atoms with van der Waals surface area (Å²) in [7, 11) is 0. The van der Waals surface area contributed by atoms with Gasteiger partial charge in [-0.1, -0.05) is 27.2 Å². The van der Waals surface area contributed by atoms with Crippen molar-refractivity contribution in [3.63, 3.8) is 0 Å². The first-order valence-corrected chi connectivity index (χ1v) is 9.13. The molecule has 1 unspecified atom stereocenters. The number of unbranched alkanes of at least 4 members (excludes halogenated alkanes) is 1. The zero-order valence-electron chi connectivity index (χ0n) is 15.9. The van der Waals surface area contributed by atoms with Crippen molar-refractivity contribution in [1.82, 2.24) is 10.2 Å². The smallest absolute Gasteiger partial charge is 0.217 e. The van der Waals surface area contributed by atoms with Crippen molar-refractivity contribution in [2.75, 3.05) is 26.2 Å². The second-order valence-electron chi connectivity index (χ2n) is 7.88. The van der Waals surface area contributed by atoms with Crippen LogP contribution in [0.15, 0.2) is 4.99 Å². The van der Waals surface area contributed by atoms with Gasteiger partial charge in [-0.25, -0.2) is 0 Å². The van der Waals surface area contributed by atoms with Crippen molar-refractivity contribution in [1.29, 1.82) is 0 Å². The van der Waals surface area contributed by atoms with E-state index in [0.29, 0.717) is 17.8 Å². The standard InChI is InChI=1S/C18H36N4O.HI/c1-5-20-17(21-11-7-6-10-18(2,3)4)22-12-8-9-15(14-22)13-16(19)23;/h15H,5-14H2,1-4H3,(H2,19,23)(H,20,21);1H. The van der Waals surface area contributed by atoms with E-state index in [1.54, 1.807) is 0 Å². The molecule has 1 atom stereocenters. The van der Waals surface area contributed by atoms with E-state index in [4.69, 9.17) is 10.7 Å². The van der Waals surface area contributed by atoms with Gasteiger partial charge in [-0.3, -0.25) is 9.79 Å². The minimum Gasteiger partial charge on any atom is -0.370 e. The zero-order valence-corrected chi connectivity index (χ0v) is 18.3. The van der Waals surface area contributed by atoms with E-state index < -0.39 is 0 Å². The van der Waals surface area contributed by atoms with E-state index in [1.807, 2.05) is 0 Å². The first-order chi connectivity index (χ1) is 10.8. The molecule has 0 aliphatic carbocycles. The minimum absolute atomic E-state index is 0. The number of nitrogens with one attached hydrogen (secondary N) is 1. The van der Waals surface area contributed by atoms with E-state index in [9.17, 15) is 4.79 Å². The van der Waals surface area contributed by atoms with E-state index in [1.165, 1.54) is 12.8 Å². The number of amides is 1. The van der Waals surface area contributed by atoms with Crippen molar-refractivity contribution in [3.05, 3.63) is 0 Å². The van der Waals surface area contributed by atoms with E-state index in [0.717, 1.165) is 51.4 Å². The quantitative estimate of drug-likeness (QED) is 0.269. The largest absolute Gasteiger partial charge is 0.370 e. The molecule has 1 amide bonds. The number of hydrogen-bond acceptors (Lipinski definition) is 2. The molecule has 0 aromatic rings. The fraction of sp³-hybridized carbons (Fsp3) is 0.889. The molecule has 1 saturated heterocycles. The number of primary amides is 1. The maximum Gasteiger partial charge on any atom is 0.217 e. The Morgan fingerprint density at radius 2 is 2.04 bits per heavy atom. The highest BCUT2D eigenvalue weighted by atomic mass is 127. The summed E-state index contributed by atoms with van der Waals surface area (Å²) >= 11 is 0. The van der Waals surface area contributed by atoms with Crippen molar-refractivity contribution in [3.8, 4) is 0 Å². The number of piperidine rings is 1. The summed E-state index contributed by atoms with van der Waals surface area (Å²) in [6, 6.07) is 0. The lowest BCUT2D eigenvalue weighted by Gasteiger charge is -2.34. The van der Waals surface area contributed by atoms with Gasteiger partial charge >= 0.3 is 0 Å². The van der Waals surface area contributed by atoms with Crippen LogP contribution in [-0.2, 0) is 4.79 Å². The summed E-state index contributed by atoms with van der Waals surface area (Å²) in [6.07, 6.45) is 6.27. The van der Waals surface area contributed by atoms with Crippen LogP contribution in [0, 0.1) is 11.3 Å². The number of carbonyl (C=O) groups excluding carboxylic acids is 1. The number of nitrogens with zero attached hydrogens (tertiary/aromatic N) is 2. The Hall–Kier alpha value is -0.530. The van der Waals surface area contributed by atoms with Crippen molar-refractivity contribution in [2.45, 2.75) is 66.2 Å². The molecule has 1 aliphatic rings. The number of likely N-dealkylation sites (tertiary alicyclic amines) is 1. The lowest BCUT2D eigenvalue weighted by Crippen LogP contribution is -2.47. The van der Waals surface area contributed by atoms with Crippen LogP contribution in [0.1, 0.15) is 66.2 Å². The van der Waals surface area contributed by atoms with Gasteiger partial charge < -0.3 is 16.0 Å². The molecule has 24 heavy (non-hydrogen) atoms. The molecule has 1 heterocycles. The third-order valence-corrected chi connectivity index (χ3v) is 4.24. The number of rotatable bonds is 7. The SMILES string of the molecule is CCNC(=NCCCCC(C)(C)C)N1CCCC(CC(N)=O)C1.I. The normalized spacial score (nSPS) is 18.9. The number of aliphatic imine (C=N–C) groups is 1. The first kappa shape index (κ1) is 23.5. The van der Waals surface area contributed by atoms with Crippen LogP contribution in [0.25, 0.3) is 0 Å². The summed E-state index contributed by atoms with van der Waals surface area (Å²) < 4.78 is 0. The summed E-state index contributed by atoms with van der Waals surface area (Å²) in [4.78, 5) is 18.2. The minimum atomic E-state index is -0.194. The van der Waals surface area contributed by atoms with Gasteiger partial charge in [-0.15, -0.1) is 24.0 Å². The number of guanidine groups is 1. The molecule has 0 spiro atoms. The molecule has 5 nitrogen and oxygen atoms in total. The van der Waals surface area contributed by atoms with Crippen molar-refractivity contribution in [2.24, 2.45) is 22.1 Å². The van der Waals surface area contributed by atoms with Crippen LogP contribution in [0.2, 0.25) is 0 Å². The number of carbonyl (C=O) groups is 1. The predicted molar refractivity (Wildman–Crippen MR) is 113 cm³/mol. The van der Waals surface area contributed by atoms with Gasteiger partial charge in [-0.05, 0) is 43.9 Å². The van der Waals surface area contributed by atoms with Gasteiger partial charge in [0.2, 0.25) is 5.91 Å². The summed E-state index contributed by atoms with van der Waals surface area (Å²) in [5.74, 6) is 1.17. The van der Waals surface area contributed by atoms with Gasteiger partial charge in [-0.2, -0.15) is 0 Å². The van der Waals surface area contributed by atoms with Crippen LogP contribution in [-0.4, -0.2) is 42.9 Å². The molecule has 1 aliphatic heterocycles. The second kappa shape index (κ2) is 11.9. The van der Waals surface area contributed by atoms with E-state index >= 15 is 0 Å². The van der Waals surface area contributed by atoms with Crippen LogP contribution >= 0.6 is 24.0 Å². The molecule has 3 N–H and O–H groups in total. The average molecular weight is 452 g/mol. The molecule has 0 aromatic carbocycles.